The molecule has 0 unspecified atom stereocenters. The third-order valence-electron chi connectivity index (χ3n) is 1.77. The summed E-state index contributed by atoms with van der Waals surface area (Å²) in [6, 6.07) is 7.91. The van der Waals surface area contributed by atoms with Crippen molar-refractivity contribution in [3.63, 3.8) is 0 Å². The van der Waals surface area contributed by atoms with E-state index in [4.69, 9.17) is 5.11 Å². The van der Waals surface area contributed by atoms with E-state index in [0.29, 0.717) is 6.54 Å². The van der Waals surface area contributed by atoms with Gasteiger partial charge in [-0.05, 0) is 24.1 Å². The molecule has 1 rings (SSSR count). The van der Waals surface area contributed by atoms with E-state index in [1.807, 2.05) is 24.3 Å². The number of hydrogen-bond donors (Lipinski definition) is 2. The molecule has 1 amide bonds. The molecule has 1 aromatic carbocycles. The molecule has 2 N–H and O–H groups in total. The van der Waals surface area contributed by atoms with Crippen molar-refractivity contribution in [2.75, 3.05) is 13.2 Å². The zero-order chi connectivity index (χ0) is 10.4. The van der Waals surface area contributed by atoms with E-state index >= 15 is 0 Å². The summed E-state index contributed by atoms with van der Waals surface area (Å²) in [5.74, 6) is -0.333. The Morgan fingerprint density at radius 1 is 1.50 bits per heavy atom. The average Bonchev–Trinajstić information content (AvgIpc) is 2.17. The molecule has 0 aliphatic carbocycles. The highest BCUT2D eigenvalue weighted by molar-refractivity contribution is 9.10. The van der Waals surface area contributed by atoms with Crippen LogP contribution in [0.5, 0.6) is 0 Å². The van der Waals surface area contributed by atoms with Crippen LogP contribution in [0.25, 0.3) is 0 Å². The summed E-state index contributed by atoms with van der Waals surface area (Å²) in [6.07, 6.45) is 0.769. The number of amides is 1. The fourth-order valence-corrected chi connectivity index (χ4v) is 1.54. The zero-order valence-electron chi connectivity index (χ0n) is 7.66. The van der Waals surface area contributed by atoms with Gasteiger partial charge in [-0.3, -0.25) is 4.79 Å². The van der Waals surface area contributed by atoms with Gasteiger partial charge in [0.25, 0.3) is 0 Å². The lowest BCUT2D eigenvalue weighted by Gasteiger charge is -2.03. The van der Waals surface area contributed by atoms with Crippen molar-refractivity contribution in [1.82, 2.24) is 5.32 Å². The summed E-state index contributed by atoms with van der Waals surface area (Å²) < 4.78 is 1.03. The average molecular weight is 258 g/mol. The van der Waals surface area contributed by atoms with Gasteiger partial charge in [0.05, 0.1) is 0 Å². The van der Waals surface area contributed by atoms with Crippen LogP contribution in [-0.2, 0) is 11.2 Å². The molecule has 0 atom stereocenters. The number of nitrogens with one attached hydrogen (secondary N) is 1. The Morgan fingerprint density at radius 2 is 2.29 bits per heavy atom. The molecule has 14 heavy (non-hydrogen) atoms. The molecule has 0 heterocycles. The Labute approximate surface area is 91.3 Å². The molecule has 1 aromatic rings. The number of halogens is 1. The van der Waals surface area contributed by atoms with Gasteiger partial charge in [0, 0.05) is 11.0 Å². The lowest BCUT2D eigenvalue weighted by Crippen LogP contribution is -2.28. The van der Waals surface area contributed by atoms with Crippen molar-refractivity contribution < 1.29 is 9.90 Å². The topological polar surface area (TPSA) is 49.3 Å². The Kier molecular flexibility index (Phi) is 4.62. The second kappa shape index (κ2) is 5.78. The molecule has 0 aromatic heterocycles. The molecular formula is C10H12BrNO2. The van der Waals surface area contributed by atoms with E-state index in [9.17, 15) is 4.79 Å². The minimum Gasteiger partial charge on any atom is -0.387 e. The molecule has 0 saturated heterocycles. The van der Waals surface area contributed by atoms with Crippen LogP contribution >= 0.6 is 15.9 Å². The van der Waals surface area contributed by atoms with E-state index in [0.717, 1.165) is 16.5 Å². The normalized spacial score (nSPS) is 9.86. The first kappa shape index (κ1) is 11.2. The van der Waals surface area contributed by atoms with E-state index in [2.05, 4.69) is 21.2 Å². The van der Waals surface area contributed by atoms with Gasteiger partial charge in [0.1, 0.15) is 6.61 Å². The fraction of sp³-hybridized carbons (Fsp3) is 0.300. The van der Waals surface area contributed by atoms with Crippen molar-refractivity contribution in [2.45, 2.75) is 6.42 Å². The van der Waals surface area contributed by atoms with E-state index in [-0.39, 0.29) is 5.91 Å². The quantitative estimate of drug-likeness (QED) is 0.849. The first-order valence-corrected chi connectivity index (χ1v) is 5.13. The predicted octanol–water partition coefficient (Wildman–Crippen LogP) is 1.10. The number of carbonyl (C=O) groups is 1. The molecule has 0 spiro atoms. The molecule has 0 fully saturated rings. The zero-order valence-corrected chi connectivity index (χ0v) is 9.25. The molecule has 0 bridgehead atoms. The minimum atomic E-state index is -0.446. The van der Waals surface area contributed by atoms with Gasteiger partial charge in [0.2, 0.25) is 5.91 Å². The number of rotatable bonds is 4. The first-order valence-electron chi connectivity index (χ1n) is 4.34. The molecular weight excluding hydrogens is 246 g/mol. The Bertz CT molecular complexity index is 315. The van der Waals surface area contributed by atoms with Gasteiger partial charge in [0.15, 0.2) is 0 Å². The van der Waals surface area contributed by atoms with Crippen molar-refractivity contribution in [2.24, 2.45) is 0 Å². The van der Waals surface area contributed by atoms with Crippen LogP contribution in [0.4, 0.5) is 0 Å². The van der Waals surface area contributed by atoms with Crippen LogP contribution in [0, 0.1) is 0 Å². The van der Waals surface area contributed by atoms with Crippen molar-refractivity contribution in [1.29, 1.82) is 0 Å². The van der Waals surface area contributed by atoms with Crippen LogP contribution in [0.2, 0.25) is 0 Å². The largest absolute Gasteiger partial charge is 0.387 e. The maximum atomic E-state index is 10.7. The summed E-state index contributed by atoms with van der Waals surface area (Å²) >= 11 is 3.37. The lowest BCUT2D eigenvalue weighted by molar-refractivity contribution is -0.123. The predicted molar refractivity (Wildman–Crippen MR) is 57.9 cm³/mol. The molecule has 0 saturated carbocycles. The van der Waals surface area contributed by atoms with Gasteiger partial charge < -0.3 is 10.4 Å². The second-order valence-electron chi connectivity index (χ2n) is 2.89. The van der Waals surface area contributed by atoms with E-state index < -0.39 is 6.61 Å². The van der Waals surface area contributed by atoms with E-state index in [1.165, 1.54) is 0 Å². The Morgan fingerprint density at radius 3 is 2.93 bits per heavy atom. The molecule has 0 aliphatic heterocycles. The number of aliphatic hydroxyl groups excluding tert-OH is 1. The monoisotopic (exact) mass is 257 g/mol. The summed E-state index contributed by atoms with van der Waals surface area (Å²) in [5, 5.41) is 11.1. The van der Waals surface area contributed by atoms with Crippen LogP contribution in [0.1, 0.15) is 5.56 Å². The summed E-state index contributed by atoms with van der Waals surface area (Å²) in [6.45, 7) is 0.105. The van der Waals surface area contributed by atoms with Crippen molar-refractivity contribution >= 4 is 21.8 Å². The number of hydrogen-bond acceptors (Lipinski definition) is 2. The summed E-state index contributed by atoms with van der Waals surface area (Å²) in [4.78, 5) is 10.7. The SMILES string of the molecule is O=C(CO)NCCc1cccc(Br)c1. The van der Waals surface area contributed by atoms with Crippen molar-refractivity contribution in [3.8, 4) is 0 Å². The van der Waals surface area contributed by atoms with E-state index in [1.54, 1.807) is 0 Å². The van der Waals surface area contributed by atoms with Crippen molar-refractivity contribution in [3.05, 3.63) is 34.3 Å². The second-order valence-corrected chi connectivity index (χ2v) is 3.80. The first-order chi connectivity index (χ1) is 6.72. The van der Waals surface area contributed by atoms with Crippen LogP contribution < -0.4 is 5.32 Å². The standard InChI is InChI=1S/C10H12BrNO2/c11-9-3-1-2-8(6-9)4-5-12-10(14)7-13/h1-3,6,13H,4-5,7H2,(H,12,14). The molecule has 0 radical (unpaired) electrons. The van der Waals surface area contributed by atoms with Gasteiger partial charge in [-0.2, -0.15) is 0 Å². The molecule has 3 nitrogen and oxygen atoms in total. The van der Waals surface area contributed by atoms with Crippen LogP contribution in [0.3, 0.4) is 0 Å². The number of aliphatic hydroxyl groups is 1. The lowest BCUT2D eigenvalue weighted by atomic mass is 10.1. The highest BCUT2D eigenvalue weighted by Gasteiger charge is 1.97. The molecule has 4 heteroatoms. The van der Waals surface area contributed by atoms with Gasteiger partial charge in [-0.15, -0.1) is 0 Å². The Hall–Kier alpha value is -0.870. The maximum Gasteiger partial charge on any atom is 0.245 e. The maximum absolute atomic E-state index is 10.7. The highest BCUT2D eigenvalue weighted by Crippen LogP contribution is 2.11. The van der Waals surface area contributed by atoms with Gasteiger partial charge in [-0.1, -0.05) is 28.1 Å². The number of carbonyl (C=O) groups excluding carboxylic acids is 1. The minimum absolute atomic E-state index is 0.333. The molecule has 0 aliphatic rings. The summed E-state index contributed by atoms with van der Waals surface area (Å²) in [7, 11) is 0. The third kappa shape index (κ3) is 3.89. The smallest absolute Gasteiger partial charge is 0.245 e. The van der Waals surface area contributed by atoms with Crippen LogP contribution in [-0.4, -0.2) is 24.2 Å². The van der Waals surface area contributed by atoms with Gasteiger partial charge >= 0.3 is 0 Å². The Balaban J connectivity index is 2.35. The fourth-order valence-electron chi connectivity index (χ4n) is 1.09. The highest BCUT2D eigenvalue weighted by atomic mass is 79.9. The van der Waals surface area contributed by atoms with Crippen LogP contribution in [0.15, 0.2) is 28.7 Å². The van der Waals surface area contributed by atoms with Gasteiger partial charge in [-0.25, -0.2) is 0 Å². The third-order valence-corrected chi connectivity index (χ3v) is 2.26. The summed E-state index contributed by atoms with van der Waals surface area (Å²) in [5.41, 5.74) is 1.15. The molecule has 76 valence electrons. The number of benzene rings is 1.